The summed E-state index contributed by atoms with van der Waals surface area (Å²) in [5, 5.41) is 0. The van der Waals surface area contributed by atoms with Crippen molar-refractivity contribution in [2.24, 2.45) is 0 Å². The van der Waals surface area contributed by atoms with Crippen LogP contribution < -0.4 is 9.80 Å². The molecule has 0 amide bonds. The van der Waals surface area contributed by atoms with Crippen LogP contribution in [0.1, 0.15) is 18.9 Å². The number of benzene rings is 8. The van der Waals surface area contributed by atoms with Crippen LogP contribution in [0.5, 0.6) is 0 Å². The Morgan fingerprint density at radius 3 is 0.811 bits per heavy atom. The fraction of sp³-hybridized carbons (Fsp3) is 0.0588. The quantitative estimate of drug-likeness (QED) is 0.134. The van der Waals surface area contributed by atoms with Crippen LogP contribution in [0.2, 0.25) is 0 Å². The minimum atomic E-state index is 1.10. The van der Waals surface area contributed by atoms with Crippen molar-refractivity contribution in [3.05, 3.63) is 218 Å². The molecular weight excluding hydrogens is 641 g/mol. The molecule has 0 heterocycles. The largest absolute Gasteiger partial charge is 0.311 e. The summed E-state index contributed by atoms with van der Waals surface area (Å²) in [5.41, 5.74) is 15.3. The molecule has 0 bridgehead atoms. The fourth-order valence-corrected chi connectivity index (χ4v) is 7.04. The molecule has 0 aromatic heterocycles. The zero-order valence-corrected chi connectivity index (χ0v) is 30.0. The normalized spacial score (nSPS) is 10.9. The highest BCUT2D eigenvalue weighted by Crippen LogP contribution is 2.39. The molecule has 256 valence electrons. The lowest BCUT2D eigenvalue weighted by atomic mass is 10.0. The molecule has 8 rings (SSSR count). The summed E-state index contributed by atoms with van der Waals surface area (Å²) in [5.74, 6) is 0. The van der Waals surface area contributed by atoms with Gasteiger partial charge >= 0.3 is 0 Å². The zero-order valence-electron chi connectivity index (χ0n) is 30.0. The van der Waals surface area contributed by atoms with E-state index in [1.54, 1.807) is 0 Å². The van der Waals surface area contributed by atoms with E-state index in [-0.39, 0.29) is 0 Å². The molecule has 0 aliphatic heterocycles. The highest BCUT2D eigenvalue weighted by molar-refractivity contribution is 5.82. The average Bonchev–Trinajstić information content (AvgIpc) is 3.24. The maximum atomic E-state index is 2.33. The number of aryl methyl sites for hydroxylation is 1. The van der Waals surface area contributed by atoms with Crippen molar-refractivity contribution >= 4 is 34.1 Å². The molecule has 53 heavy (non-hydrogen) atoms. The number of anilines is 6. The molecule has 0 N–H and O–H groups in total. The second-order valence-electron chi connectivity index (χ2n) is 13.3. The molecule has 2 heteroatoms. The Balaban J connectivity index is 1.10. The Labute approximate surface area is 313 Å². The molecule has 0 spiro atoms. The first-order chi connectivity index (χ1) is 26.2. The molecule has 0 aliphatic carbocycles. The zero-order chi connectivity index (χ0) is 35.8. The third kappa shape index (κ3) is 7.54. The van der Waals surface area contributed by atoms with Crippen LogP contribution in [0.4, 0.5) is 34.1 Å². The standard InChI is InChI=1S/C51H42N2/c1-2-12-39-19-29-47(30-20-39)52(46-17-10-5-11-18-46)48-35-25-44(26-36-48)45-27-37-51(38-28-45)53(49-31-21-42(22-32-49)40-13-6-3-7-14-40)50-33-23-43(24-34-50)41-15-8-4-9-16-41/h3-11,13-38H,2,12H2,1H3. The van der Waals surface area contributed by atoms with Crippen LogP contribution in [-0.4, -0.2) is 0 Å². The Hall–Kier alpha value is -6.64. The Bertz CT molecular complexity index is 2250. The predicted molar refractivity (Wildman–Crippen MR) is 226 cm³/mol. The van der Waals surface area contributed by atoms with Gasteiger partial charge in [0.1, 0.15) is 0 Å². The van der Waals surface area contributed by atoms with Gasteiger partial charge in [0.15, 0.2) is 0 Å². The summed E-state index contributed by atoms with van der Waals surface area (Å²) in [6.45, 7) is 2.23. The third-order valence-corrected chi connectivity index (χ3v) is 9.80. The fourth-order valence-electron chi connectivity index (χ4n) is 7.04. The topological polar surface area (TPSA) is 6.48 Å². The van der Waals surface area contributed by atoms with Crippen LogP contribution in [-0.2, 0) is 6.42 Å². The van der Waals surface area contributed by atoms with E-state index < -0.39 is 0 Å². The summed E-state index contributed by atoms with van der Waals surface area (Å²) < 4.78 is 0. The second kappa shape index (κ2) is 15.7. The van der Waals surface area contributed by atoms with E-state index in [4.69, 9.17) is 0 Å². The van der Waals surface area contributed by atoms with Crippen molar-refractivity contribution in [3.63, 3.8) is 0 Å². The maximum absolute atomic E-state index is 2.33. The lowest BCUT2D eigenvalue weighted by molar-refractivity contribution is 0.922. The number of para-hydroxylation sites is 1. The molecule has 0 aliphatic rings. The van der Waals surface area contributed by atoms with Crippen LogP contribution in [0, 0.1) is 0 Å². The minimum absolute atomic E-state index is 1.10. The van der Waals surface area contributed by atoms with Crippen molar-refractivity contribution in [2.75, 3.05) is 9.80 Å². The van der Waals surface area contributed by atoms with Gasteiger partial charge < -0.3 is 9.80 Å². The van der Waals surface area contributed by atoms with E-state index in [0.717, 1.165) is 47.0 Å². The molecular formula is C51H42N2. The van der Waals surface area contributed by atoms with Gasteiger partial charge in [0.05, 0.1) is 0 Å². The number of rotatable bonds is 11. The molecule has 0 radical (unpaired) electrons. The van der Waals surface area contributed by atoms with E-state index in [1.807, 2.05) is 0 Å². The average molecular weight is 683 g/mol. The second-order valence-corrected chi connectivity index (χ2v) is 13.3. The molecule has 2 nitrogen and oxygen atoms in total. The third-order valence-electron chi connectivity index (χ3n) is 9.80. The molecule has 0 saturated heterocycles. The maximum Gasteiger partial charge on any atom is 0.0462 e. The van der Waals surface area contributed by atoms with Gasteiger partial charge in [0.2, 0.25) is 0 Å². The molecule has 0 saturated carbocycles. The summed E-state index contributed by atoms with van der Waals surface area (Å²) >= 11 is 0. The van der Waals surface area contributed by atoms with Crippen LogP contribution >= 0.6 is 0 Å². The Morgan fingerprint density at radius 1 is 0.264 bits per heavy atom. The minimum Gasteiger partial charge on any atom is -0.311 e. The monoisotopic (exact) mass is 682 g/mol. The predicted octanol–water partition coefficient (Wildman–Crippen LogP) is 14.6. The van der Waals surface area contributed by atoms with E-state index in [0.29, 0.717) is 0 Å². The first-order valence-corrected chi connectivity index (χ1v) is 18.5. The number of hydrogen-bond acceptors (Lipinski definition) is 2. The summed E-state index contributed by atoms with van der Waals surface area (Å²) in [4.78, 5) is 4.66. The van der Waals surface area contributed by atoms with Crippen molar-refractivity contribution in [1.82, 2.24) is 0 Å². The number of hydrogen-bond donors (Lipinski definition) is 0. The van der Waals surface area contributed by atoms with E-state index in [2.05, 4.69) is 229 Å². The van der Waals surface area contributed by atoms with Crippen molar-refractivity contribution in [1.29, 1.82) is 0 Å². The van der Waals surface area contributed by atoms with Gasteiger partial charge in [-0.15, -0.1) is 0 Å². The SMILES string of the molecule is CCCc1ccc(N(c2ccccc2)c2ccc(-c3ccc(N(c4ccc(-c5ccccc5)cc4)c4ccc(-c5ccccc5)cc4)cc3)cc2)cc1. The highest BCUT2D eigenvalue weighted by Gasteiger charge is 2.15. The van der Waals surface area contributed by atoms with Gasteiger partial charge in [0.25, 0.3) is 0 Å². The van der Waals surface area contributed by atoms with Crippen LogP contribution in [0.25, 0.3) is 33.4 Å². The smallest absolute Gasteiger partial charge is 0.0462 e. The van der Waals surface area contributed by atoms with Crippen molar-refractivity contribution < 1.29 is 0 Å². The van der Waals surface area contributed by atoms with Gasteiger partial charge in [-0.3, -0.25) is 0 Å². The summed E-state index contributed by atoms with van der Waals surface area (Å²) in [7, 11) is 0. The molecule has 0 atom stereocenters. The molecule has 8 aromatic rings. The van der Waals surface area contributed by atoms with Gasteiger partial charge in [-0.2, -0.15) is 0 Å². The number of nitrogens with zero attached hydrogens (tertiary/aromatic N) is 2. The molecule has 8 aromatic carbocycles. The van der Waals surface area contributed by atoms with Crippen LogP contribution in [0.3, 0.4) is 0 Å². The van der Waals surface area contributed by atoms with Gasteiger partial charge in [-0.25, -0.2) is 0 Å². The first-order valence-electron chi connectivity index (χ1n) is 18.5. The van der Waals surface area contributed by atoms with Gasteiger partial charge in [0, 0.05) is 34.1 Å². The van der Waals surface area contributed by atoms with Crippen LogP contribution in [0.15, 0.2) is 212 Å². The highest BCUT2D eigenvalue weighted by atomic mass is 15.1. The lowest BCUT2D eigenvalue weighted by Crippen LogP contribution is -2.10. The summed E-state index contributed by atoms with van der Waals surface area (Å²) in [6, 6.07) is 76.2. The summed E-state index contributed by atoms with van der Waals surface area (Å²) in [6.07, 6.45) is 2.24. The molecule has 0 fully saturated rings. The van der Waals surface area contributed by atoms with E-state index in [9.17, 15) is 0 Å². The van der Waals surface area contributed by atoms with Crippen molar-refractivity contribution in [3.8, 4) is 33.4 Å². The molecule has 0 unspecified atom stereocenters. The van der Waals surface area contributed by atoms with E-state index >= 15 is 0 Å². The lowest BCUT2D eigenvalue weighted by Gasteiger charge is -2.26. The Kier molecular flexibility index (Phi) is 9.93. The van der Waals surface area contributed by atoms with Gasteiger partial charge in [-0.1, -0.05) is 153 Å². The first kappa shape index (κ1) is 33.5. The van der Waals surface area contributed by atoms with Gasteiger partial charge in [-0.05, 0) is 118 Å². The Morgan fingerprint density at radius 2 is 0.509 bits per heavy atom. The van der Waals surface area contributed by atoms with E-state index in [1.165, 1.54) is 38.9 Å². The van der Waals surface area contributed by atoms with Crippen molar-refractivity contribution in [2.45, 2.75) is 19.8 Å².